The fourth-order valence-corrected chi connectivity index (χ4v) is 13.4. The minimum atomic E-state index is -0.633. The molecule has 1 aliphatic heterocycles. The quantitative estimate of drug-likeness (QED) is 0.235. The Morgan fingerprint density at radius 1 is 1.02 bits per heavy atom. The predicted molar refractivity (Wildman–Crippen MR) is 185 cm³/mol. The monoisotopic (exact) mass is 661 g/mol. The average molecular weight is 662 g/mol. The zero-order chi connectivity index (χ0) is 34.8. The molecule has 7 nitrogen and oxygen atoms in total. The van der Waals surface area contributed by atoms with Crippen molar-refractivity contribution in [2.45, 2.75) is 143 Å². The molecular weight excluding hydrogens is 602 g/mol. The minimum Gasteiger partial charge on any atom is -0.508 e. The molecular formula is C41H59NO6. The second-order valence-corrected chi connectivity index (χ2v) is 18.5. The van der Waals surface area contributed by atoms with Crippen molar-refractivity contribution in [2.75, 3.05) is 6.54 Å². The van der Waals surface area contributed by atoms with Gasteiger partial charge < -0.3 is 25.4 Å². The molecule has 6 aliphatic rings. The van der Waals surface area contributed by atoms with Gasteiger partial charge in [-0.15, -0.1) is 0 Å². The van der Waals surface area contributed by atoms with E-state index in [0.717, 1.165) is 49.7 Å². The predicted octanol–water partition coefficient (Wildman–Crippen LogP) is 6.49. The molecule has 4 N–H and O–H groups in total. The van der Waals surface area contributed by atoms with Gasteiger partial charge in [-0.1, -0.05) is 58.7 Å². The second kappa shape index (κ2) is 11.2. The van der Waals surface area contributed by atoms with E-state index in [-0.39, 0.29) is 69.2 Å². The molecule has 1 heterocycles. The first-order valence-electron chi connectivity index (χ1n) is 18.8. The number of phenolic OH excluding ortho intramolecular Hbond substituents is 1. The number of hydrogen-bond donors (Lipinski definition) is 4. The first kappa shape index (κ1) is 34.4. The van der Waals surface area contributed by atoms with Crippen LogP contribution >= 0.6 is 0 Å². The number of ether oxygens (including phenoxy) is 1. The number of allylic oxidation sites excluding steroid dienone is 2. The molecule has 5 fully saturated rings. The maximum atomic E-state index is 14.7. The van der Waals surface area contributed by atoms with E-state index in [0.29, 0.717) is 31.1 Å². The van der Waals surface area contributed by atoms with Crippen molar-refractivity contribution in [1.29, 1.82) is 0 Å². The zero-order valence-electron chi connectivity index (χ0n) is 30.4. The highest BCUT2D eigenvalue weighted by Crippen LogP contribution is 2.78. The smallest absolute Gasteiger partial charge is 0.163 e. The van der Waals surface area contributed by atoms with E-state index in [2.05, 4.69) is 39.9 Å². The lowest BCUT2D eigenvalue weighted by molar-refractivity contribution is -0.215. The Hall–Kier alpha value is -2.06. The summed E-state index contributed by atoms with van der Waals surface area (Å²) < 4.78 is 5.79. The molecule has 1 aromatic carbocycles. The van der Waals surface area contributed by atoms with Gasteiger partial charge in [-0.25, -0.2) is 0 Å². The number of aliphatic hydroxyl groups is 2. The Bertz CT molecular complexity index is 1530. The van der Waals surface area contributed by atoms with Crippen LogP contribution in [0.5, 0.6) is 5.75 Å². The van der Waals surface area contributed by atoms with E-state index in [4.69, 9.17) is 4.74 Å². The number of phenols is 1. The molecule has 5 aliphatic carbocycles. The number of carbonyl (C=O) groups is 2. The Morgan fingerprint density at radius 2 is 1.73 bits per heavy atom. The van der Waals surface area contributed by atoms with Crippen molar-refractivity contribution in [3.63, 3.8) is 0 Å². The first-order chi connectivity index (χ1) is 22.4. The highest BCUT2D eigenvalue weighted by atomic mass is 16.6. The molecule has 7 rings (SSSR count). The van der Waals surface area contributed by atoms with E-state index in [9.17, 15) is 24.9 Å². The number of aliphatic hydroxyl groups excluding tert-OH is 2. The minimum absolute atomic E-state index is 0.00694. The van der Waals surface area contributed by atoms with Gasteiger partial charge in [0.2, 0.25) is 0 Å². The molecule has 4 saturated carbocycles. The lowest BCUT2D eigenvalue weighted by Gasteiger charge is -2.73. The second-order valence-electron chi connectivity index (χ2n) is 18.5. The summed E-state index contributed by atoms with van der Waals surface area (Å²) in [5.41, 5.74) is 1.62. The summed E-state index contributed by atoms with van der Waals surface area (Å²) in [5, 5.41) is 35.9. The lowest BCUT2D eigenvalue weighted by atomic mass is 9.31. The summed E-state index contributed by atoms with van der Waals surface area (Å²) >= 11 is 0. The Labute approximate surface area is 287 Å². The van der Waals surface area contributed by atoms with Gasteiger partial charge in [0.05, 0.1) is 17.8 Å². The largest absolute Gasteiger partial charge is 0.508 e. The molecule has 0 bridgehead atoms. The van der Waals surface area contributed by atoms with Crippen molar-refractivity contribution in [3.8, 4) is 5.75 Å². The molecule has 48 heavy (non-hydrogen) atoms. The van der Waals surface area contributed by atoms with Gasteiger partial charge in [0, 0.05) is 35.3 Å². The molecule has 1 spiro atoms. The van der Waals surface area contributed by atoms with Crippen LogP contribution in [0.1, 0.15) is 118 Å². The van der Waals surface area contributed by atoms with Crippen molar-refractivity contribution in [2.24, 2.45) is 45.3 Å². The highest BCUT2D eigenvalue weighted by molar-refractivity contribution is 6.02. The van der Waals surface area contributed by atoms with Crippen LogP contribution in [0, 0.1) is 45.3 Å². The number of epoxide rings is 1. The van der Waals surface area contributed by atoms with Crippen LogP contribution in [0.4, 0.5) is 0 Å². The third kappa shape index (κ3) is 4.73. The molecule has 7 heteroatoms. The maximum absolute atomic E-state index is 14.7. The standard InChI is InChI=1S/C41H59NO6/c1-22(17-30(45)36-38(5,6)48-36)32-27-14-15-31-39(7)19-26(24-11-9-12-25(44)18-24)35(47)37(3,4)34(39)29(42-21-23(2)43)20-41(31)16-10-13-28(33(32)46)40(27,41)8/h9,11-12,18,22-23,26,28-31,34,36,42-45H,10,13-17,19-21H2,1-8H3. The van der Waals surface area contributed by atoms with Gasteiger partial charge in [0.25, 0.3) is 0 Å². The topological polar surface area (TPSA) is 119 Å². The fourth-order valence-electron chi connectivity index (χ4n) is 13.4. The Morgan fingerprint density at radius 3 is 2.38 bits per heavy atom. The SMILES string of the molecule is CC(O)CNC1CC23CCCC4C(=O)C(C(C)CC(O)C5OC5(C)C)=C(CCC2C2(C)CC(c5cccc(O)c5)C(=O)C(C)(C)C12)C43C. The van der Waals surface area contributed by atoms with Crippen LogP contribution in [0.15, 0.2) is 35.4 Å². The van der Waals surface area contributed by atoms with E-state index in [1.165, 1.54) is 5.57 Å². The summed E-state index contributed by atoms with van der Waals surface area (Å²) in [4.78, 5) is 29.2. The molecule has 1 aromatic rings. The van der Waals surface area contributed by atoms with Gasteiger partial charge in [0.1, 0.15) is 17.6 Å². The number of hydrogen-bond acceptors (Lipinski definition) is 7. The van der Waals surface area contributed by atoms with Gasteiger partial charge in [-0.2, -0.15) is 0 Å². The molecule has 0 aromatic heterocycles. The van der Waals surface area contributed by atoms with Crippen molar-refractivity contribution in [3.05, 3.63) is 41.0 Å². The average Bonchev–Trinajstić information content (AvgIpc) is 3.58. The van der Waals surface area contributed by atoms with Crippen LogP contribution in [0.3, 0.4) is 0 Å². The number of rotatable bonds is 8. The molecule has 12 unspecified atom stereocenters. The first-order valence-corrected chi connectivity index (χ1v) is 18.8. The normalized spacial score (nSPS) is 42.8. The number of Topliss-reactive ketones (excluding diaryl/α,β-unsaturated/α-hetero) is 2. The van der Waals surface area contributed by atoms with Gasteiger partial charge >= 0.3 is 0 Å². The van der Waals surface area contributed by atoms with Crippen LogP contribution in [0.2, 0.25) is 0 Å². The van der Waals surface area contributed by atoms with Gasteiger partial charge in [-0.3, -0.25) is 9.59 Å². The molecule has 12 atom stereocenters. The summed E-state index contributed by atoms with van der Waals surface area (Å²) in [7, 11) is 0. The molecule has 264 valence electrons. The van der Waals surface area contributed by atoms with E-state index in [1.807, 2.05) is 32.9 Å². The number of carbonyl (C=O) groups excluding carboxylic acids is 2. The molecule has 0 radical (unpaired) electrons. The number of ketones is 2. The summed E-state index contributed by atoms with van der Waals surface area (Å²) in [5.74, 6) is 0.667. The van der Waals surface area contributed by atoms with E-state index >= 15 is 0 Å². The zero-order valence-corrected chi connectivity index (χ0v) is 30.4. The summed E-state index contributed by atoms with van der Waals surface area (Å²) in [6, 6.07) is 7.29. The van der Waals surface area contributed by atoms with Gasteiger partial charge in [0.15, 0.2) is 5.78 Å². The van der Waals surface area contributed by atoms with Crippen molar-refractivity contribution in [1.82, 2.24) is 5.32 Å². The van der Waals surface area contributed by atoms with Crippen LogP contribution in [-0.4, -0.2) is 63.4 Å². The number of benzene rings is 1. The Balaban J connectivity index is 1.34. The fraction of sp³-hybridized carbons (Fsp3) is 0.756. The van der Waals surface area contributed by atoms with Crippen molar-refractivity contribution >= 4 is 11.6 Å². The van der Waals surface area contributed by atoms with Crippen LogP contribution in [-0.2, 0) is 14.3 Å². The summed E-state index contributed by atoms with van der Waals surface area (Å²) in [6.07, 6.45) is 5.64. The van der Waals surface area contributed by atoms with Crippen LogP contribution in [0.25, 0.3) is 0 Å². The summed E-state index contributed by atoms with van der Waals surface area (Å²) in [6.45, 7) is 17.6. The highest BCUT2D eigenvalue weighted by Gasteiger charge is 2.75. The Kier molecular flexibility index (Phi) is 8.04. The third-order valence-corrected chi connectivity index (χ3v) is 15.0. The number of fused-ring (bicyclic) bond motifs is 2. The molecule has 1 saturated heterocycles. The third-order valence-electron chi connectivity index (χ3n) is 15.0. The van der Waals surface area contributed by atoms with Gasteiger partial charge in [-0.05, 0) is 118 Å². The van der Waals surface area contributed by atoms with Crippen LogP contribution < -0.4 is 5.32 Å². The number of nitrogens with one attached hydrogen (secondary N) is 1. The molecule has 0 amide bonds. The van der Waals surface area contributed by atoms with Crippen molar-refractivity contribution < 1.29 is 29.6 Å². The lowest BCUT2D eigenvalue weighted by Crippen LogP contribution is -2.71. The number of aromatic hydroxyl groups is 1. The van der Waals surface area contributed by atoms with E-state index < -0.39 is 17.6 Å². The maximum Gasteiger partial charge on any atom is 0.163 e. The van der Waals surface area contributed by atoms with E-state index in [1.54, 1.807) is 12.1 Å².